The van der Waals surface area contributed by atoms with Gasteiger partial charge in [0.25, 0.3) is 0 Å². The number of Topliss-reactive ketones (excluding diaryl/α,β-unsaturated/α-hetero) is 1. The number of phenolic OH excluding ortho intramolecular Hbond substituents is 4. The first-order valence-corrected chi connectivity index (χ1v) is 11.8. The van der Waals surface area contributed by atoms with Crippen molar-refractivity contribution in [2.24, 2.45) is 5.73 Å². The maximum atomic E-state index is 11.0. The summed E-state index contributed by atoms with van der Waals surface area (Å²) in [6.45, 7) is 0. The number of ether oxygens (including phenoxy) is 4. The number of rotatable bonds is 4. The third-order valence-corrected chi connectivity index (χ3v) is 5.57. The minimum absolute atomic E-state index is 0.00463. The molecule has 0 bridgehead atoms. The zero-order valence-electron chi connectivity index (χ0n) is 22.9. The number of benzene rings is 3. The van der Waals surface area contributed by atoms with E-state index < -0.39 is 5.78 Å². The van der Waals surface area contributed by atoms with E-state index in [2.05, 4.69) is 14.7 Å². The van der Waals surface area contributed by atoms with Gasteiger partial charge in [-0.25, -0.2) is 9.97 Å². The number of methoxy groups -OCH3 is 4. The first-order valence-electron chi connectivity index (χ1n) is 11.8. The minimum Gasteiger partial charge on any atom is -0.508 e. The van der Waals surface area contributed by atoms with Crippen LogP contribution in [0.25, 0.3) is 22.1 Å². The summed E-state index contributed by atoms with van der Waals surface area (Å²) in [7, 11) is 5.68. The molecule has 1 aromatic heterocycles. The molecule has 0 amide bonds. The Balaban J connectivity index is 0.000000188. The molecule has 1 heterocycles. The number of hydrogen-bond donors (Lipinski definition) is 6. The van der Waals surface area contributed by atoms with Crippen molar-refractivity contribution in [1.82, 2.24) is 9.97 Å². The summed E-state index contributed by atoms with van der Waals surface area (Å²) in [5.41, 5.74) is 12.5. The number of allylic oxidation sites excluding steroid dienone is 2. The summed E-state index contributed by atoms with van der Waals surface area (Å²) in [5, 5.41) is 37.5. The van der Waals surface area contributed by atoms with E-state index in [-0.39, 0.29) is 51.7 Å². The first kappa shape index (κ1) is 30.6. The topological polar surface area (TPSA) is 230 Å². The van der Waals surface area contributed by atoms with Gasteiger partial charge in [-0.1, -0.05) is 0 Å². The van der Waals surface area contributed by atoms with Crippen molar-refractivity contribution in [1.29, 1.82) is 0 Å². The van der Waals surface area contributed by atoms with Crippen LogP contribution in [0.4, 0.5) is 5.69 Å². The normalized spacial score (nSPS) is 12.3. The maximum absolute atomic E-state index is 11.0. The van der Waals surface area contributed by atoms with E-state index in [4.69, 9.17) is 35.9 Å². The number of aromatic nitrogens is 2. The van der Waals surface area contributed by atoms with Crippen LogP contribution in [0.2, 0.25) is 0 Å². The number of carbonyl (C=O) groups excluding carboxylic acids is 2. The second-order valence-electron chi connectivity index (χ2n) is 8.38. The predicted octanol–water partition coefficient (Wildman–Crippen LogP) is 2.41. The van der Waals surface area contributed by atoms with E-state index in [0.717, 1.165) is 12.2 Å². The summed E-state index contributed by atoms with van der Waals surface area (Å²) in [4.78, 5) is 30.5. The van der Waals surface area contributed by atoms with E-state index >= 15 is 0 Å². The molecule has 1 aliphatic rings. The van der Waals surface area contributed by atoms with Crippen molar-refractivity contribution in [2.45, 2.75) is 0 Å². The van der Waals surface area contributed by atoms with Crippen molar-refractivity contribution >= 4 is 39.3 Å². The number of aromatic hydroxyl groups is 4. The average Bonchev–Trinajstić information content (AvgIpc) is 2.95. The third kappa shape index (κ3) is 6.80. The fourth-order valence-electron chi connectivity index (χ4n) is 3.62. The summed E-state index contributed by atoms with van der Waals surface area (Å²) in [6.07, 6.45) is 2.18. The zero-order chi connectivity index (χ0) is 31.1. The predicted molar refractivity (Wildman–Crippen MR) is 152 cm³/mol. The Morgan fingerprint density at radius 1 is 0.619 bits per heavy atom. The van der Waals surface area contributed by atoms with Gasteiger partial charge in [-0.2, -0.15) is 0 Å². The molecule has 14 heteroatoms. The molecule has 0 unspecified atom stereocenters. The number of carbonyl (C=O) groups is 2. The fraction of sp³-hybridized carbons (Fsp3) is 0.143. The largest absolute Gasteiger partial charge is 0.508 e. The van der Waals surface area contributed by atoms with Gasteiger partial charge in [0.15, 0.2) is 23.0 Å². The molecule has 42 heavy (non-hydrogen) atoms. The Hall–Kier alpha value is -5.92. The lowest BCUT2D eigenvalue weighted by Crippen LogP contribution is -2.20. The van der Waals surface area contributed by atoms with Crippen LogP contribution in [0, 0.1) is 0 Å². The average molecular weight is 581 g/mol. The van der Waals surface area contributed by atoms with Gasteiger partial charge in [0.1, 0.15) is 39.8 Å². The molecule has 0 saturated carbocycles. The van der Waals surface area contributed by atoms with Crippen molar-refractivity contribution in [2.75, 3.05) is 34.2 Å². The van der Waals surface area contributed by atoms with Gasteiger partial charge in [0.05, 0.1) is 50.9 Å². The summed E-state index contributed by atoms with van der Waals surface area (Å²) >= 11 is 0. The lowest BCUT2D eigenvalue weighted by atomic mass is 10.1. The molecule has 3 aromatic carbocycles. The van der Waals surface area contributed by atoms with E-state index in [1.165, 1.54) is 64.8 Å². The molecule has 0 saturated heterocycles. The van der Waals surface area contributed by atoms with Crippen LogP contribution in [0.15, 0.2) is 60.0 Å². The van der Waals surface area contributed by atoms with Crippen LogP contribution in [0.5, 0.6) is 40.2 Å². The molecule has 0 fully saturated rings. The fourth-order valence-corrected chi connectivity index (χ4v) is 3.62. The molecule has 0 radical (unpaired) electrons. The molecule has 4 aromatic rings. The van der Waals surface area contributed by atoms with Gasteiger partial charge in [-0.15, -0.1) is 0 Å². The maximum Gasteiger partial charge on any atom is 0.243 e. The first-order chi connectivity index (χ1) is 19.9. The Bertz CT molecular complexity index is 1660. The van der Waals surface area contributed by atoms with Crippen molar-refractivity contribution < 1.29 is 49.0 Å². The van der Waals surface area contributed by atoms with Crippen molar-refractivity contribution in [3.8, 4) is 40.2 Å². The lowest BCUT2D eigenvalue weighted by molar-refractivity contribution is -0.117. The molecule has 1 aliphatic carbocycles. The lowest BCUT2D eigenvalue weighted by Gasteiger charge is -2.09. The van der Waals surface area contributed by atoms with Crippen LogP contribution in [0.3, 0.4) is 0 Å². The second kappa shape index (κ2) is 13.0. The minimum atomic E-state index is -0.438. The Morgan fingerprint density at radius 2 is 1.07 bits per heavy atom. The van der Waals surface area contributed by atoms with Crippen molar-refractivity contribution in [3.05, 3.63) is 60.0 Å². The van der Waals surface area contributed by atoms with Gasteiger partial charge in [0.2, 0.25) is 5.78 Å². The number of fused-ring (bicyclic) bond motifs is 2. The molecule has 220 valence electrons. The third-order valence-electron chi connectivity index (χ3n) is 5.57. The molecule has 8 N–H and O–H groups in total. The van der Waals surface area contributed by atoms with Crippen LogP contribution in [-0.4, -0.2) is 70.4 Å². The van der Waals surface area contributed by atoms with Crippen LogP contribution < -0.4 is 25.7 Å². The Morgan fingerprint density at radius 3 is 1.52 bits per heavy atom. The van der Waals surface area contributed by atoms with Crippen LogP contribution >= 0.6 is 0 Å². The zero-order valence-corrected chi connectivity index (χ0v) is 22.9. The van der Waals surface area contributed by atoms with Crippen molar-refractivity contribution in [3.63, 3.8) is 0 Å². The molecular formula is C28H28N4O10. The highest BCUT2D eigenvalue weighted by Crippen LogP contribution is 2.36. The monoisotopic (exact) mass is 580 g/mol. The van der Waals surface area contributed by atoms with Crippen LogP contribution in [0.1, 0.15) is 0 Å². The highest BCUT2D eigenvalue weighted by atomic mass is 16.5. The highest BCUT2D eigenvalue weighted by molar-refractivity contribution is 6.18. The smallest absolute Gasteiger partial charge is 0.243 e. The molecule has 14 nitrogen and oxygen atoms in total. The van der Waals surface area contributed by atoms with Gasteiger partial charge in [0, 0.05) is 48.6 Å². The van der Waals surface area contributed by atoms with E-state index in [1.54, 1.807) is 0 Å². The number of nitrogen functional groups attached to an aromatic ring is 1. The van der Waals surface area contributed by atoms with Crippen LogP contribution in [-0.2, 0) is 14.3 Å². The Kier molecular flexibility index (Phi) is 9.44. The summed E-state index contributed by atoms with van der Waals surface area (Å²) in [6, 6.07) is 8.45. The number of hydrogen-bond acceptors (Lipinski definition) is 14. The Labute approximate surface area is 238 Å². The number of ketones is 2. The molecule has 0 spiro atoms. The highest BCUT2D eigenvalue weighted by Gasteiger charge is 2.19. The van der Waals surface area contributed by atoms with E-state index in [0.29, 0.717) is 33.6 Å². The van der Waals surface area contributed by atoms with Gasteiger partial charge < -0.3 is 50.8 Å². The van der Waals surface area contributed by atoms with Gasteiger partial charge in [-0.3, -0.25) is 9.59 Å². The van der Waals surface area contributed by atoms with Gasteiger partial charge >= 0.3 is 0 Å². The standard InChI is InChI=1S/C14H12N2O4.C7H9NO3.C7H7NO3/c1-19-11-5-7(17)3-9-13(11)15-10-4-8(18)6-12(20-2)14(10)16-9;2*1-11-6-3-4(9)2-5(8)7(6)10/h3-6,17-18H,1-2H3;2-3,9-10H,8H2,1H3;2-3H,8H2,1H3. The van der Waals surface area contributed by atoms with E-state index in [9.17, 15) is 19.8 Å². The quantitative estimate of drug-likeness (QED) is 0.0669. The molecule has 0 aliphatic heterocycles. The number of anilines is 1. The second-order valence-corrected chi connectivity index (χ2v) is 8.38. The number of nitrogens with two attached hydrogens (primary N) is 2. The number of nitrogens with zero attached hydrogens (tertiary/aromatic N) is 2. The summed E-state index contributed by atoms with van der Waals surface area (Å²) in [5.74, 6) is 0.140. The number of phenols is 4. The van der Waals surface area contributed by atoms with E-state index in [1.807, 2.05) is 0 Å². The SMILES string of the molecule is COC1=CC(=O)C=C(N)C1=O.COc1cc(O)cc(N)c1O.COc1cc(O)cc2nc3c(OC)cc(O)cc3nc12. The molecular weight excluding hydrogens is 552 g/mol. The molecule has 0 atom stereocenters. The summed E-state index contributed by atoms with van der Waals surface area (Å²) < 4.78 is 19.7. The molecule has 5 rings (SSSR count). The van der Waals surface area contributed by atoms with Gasteiger partial charge in [-0.05, 0) is 0 Å².